The number of halogens is 2. The molecule has 3 amide bonds. The van der Waals surface area contributed by atoms with E-state index in [1.807, 2.05) is 0 Å². The number of nitriles is 1. The molecule has 6 nitrogen and oxygen atoms in total. The van der Waals surface area contributed by atoms with E-state index in [2.05, 4.69) is 11.4 Å². The van der Waals surface area contributed by atoms with Crippen LogP contribution in [0.2, 0.25) is 0 Å². The Morgan fingerprint density at radius 3 is 2.68 bits per heavy atom. The third-order valence-corrected chi connectivity index (χ3v) is 4.97. The first-order valence-electron chi connectivity index (χ1n) is 8.43. The van der Waals surface area contributed by atoms with Gasteiger partial charge in [-0.2, -0.15) is 5.26 Å². The summed E-state index contributed by atoms with van der Waals surface area (Å²) in [6.07, 6.45) is 3.44. The number of hydrogen-bond acceptors (Lipinski definition) is 3. The fourth-order valence-electron chi connectivity index (χ4n) is 3.44. The van der Waals surface area contributed by atoms with E-state index in [4.69, 9.17) is 0 Å². The van der Waals surface area contributed by atoms with E-state index >= 15 is 0 Å². The fraction of sp³-hybridized carbons (Fsp3) is 0.150. The Bertz CT molecular complexity index is 1180. The number of urea groups is 1. The van der Waals surface area contributed by atoms with E-state index in [1.165, 1.54) is 13.0 Å². The standard InChI is InChI=1S/C20H14F2N4O2/c1-20(13-5-6-15(21)16(22)8-13)18(27)26(19(28)24-20)11-12-10-25-7-3-2-4-17(25)14(12)9-23/h2-8,10H,11H2,1H3,(H,24,28)/t20-/m0/s1. The number of aromatic nitrogens is 1. The zero-order valence-corrected chi connectivity index (χ0v) is 14.7. The van der Waals surface area contributed by atoms with E-state index in [0.29, 0.717) is 16.6 Å². The topological polar surface area (TPSA) is 77.6 Å². The molecule has 28 heavy (non-hydrogen) atoms. The molecule has 8 heteroatoms. The number of imide groups is 1. The van der Waals surface area contributed by atoms with Gasteiger partial charge in [-0.1, -0.05) is 12.1 Å². The van der Waals surface area contributed by atoms with Crippen molar-refractivity contribution >= 4 is 17.5 Å². The van der Waals surface area contributed by atoms with Crippen LogP contribution in [0.5, 0.6) is 0 Å². The molecule has 1 atom stereocenters. The molecule has 1 saturated heterocycles. The predicted molar refractivity (Wildman–Crippen MR) is 94.9 cm³/mol. The molecule has 0 unspecified atom stereocenters. The van der Waals surface area contributed by atoms with Gasteiger partial charge in [-0.05, 0) is 36.8 Å². The van der Waals surface area contributed by atoms with Crippen LogP contribution in [0.15, 0.2) is 48.8 Å². The molecule has 1 aliphatic heterocycles. The number of nitrogens with one attached hydrogen (secondary N) is 1. The normalized spacial score (nSPS) is 19.1. The number of rotatable bonds is 3. The summed E-state index contributed by atoms with van der Waals surface area (Å²) in [5.74, 6) is -2.76. The molecule has 140 valence electrons. The summed E-state index contributed by atoms with van der Waals surface area (Å²) in [6, 6.07) is 9.84. The Morgan fingerprint density at radius 1 is 1.18 bits per heavy atom. The third-order valence-electron chi connectivity index (χ3n) is 4.97. The Morgan fingerprint density at radius 2 is 1.96 bits per heavy atom. The quantitative estimate of drug-likeness (QED) is 0.710. The summed E-state index contributed by atoms with van der Waals surface area (Å²) in [7, 11) is 0. The molecule has 3 heterocycles. The summed E-state index contributed by atoms with van der Waals surface area (Å²) in [6.45, 7) is 1.32. The molecule has 1 N–H and O–H groups in total. The summed E-state index contributed by atoms with van der Waals surface area (Å²) in [5, 5.41) is 12.0. The second kappa shape index (κ2) is 6.16. The Hall–Kier alpha value is -3.73. The van der Waals surface area contributed by atoms with Crippen LogP contribution in [-0.2, 0) is 16.9 Å². The van der Waals surface area contributed by atoms with Crippen LogP contribution in [0.1, 0.15) is 23.6 Å². The van der Waals surface area contributed by atoms with Gasteiger partial charge in [0.1, 0.15) is 11.6 Å². The van der Waals surface area contributed by atoms with Gasteiger partial charge in [0, 0.05) is 18.0 Å². The average molecular weight is 380 g/mol. The van der Waals surface area contributed by atoms with Gasteiger partial charge in [0.15, 0.2) is 11.6 Å². The van der Waals surface area contributed by atoms with Crippen molar-refractivity contribution in [3.8, 4) is 6.07 Å². The number of benzene rings is 1. The number of amides is 3. The monoisotopic (exact) mass is 380 g/mol. The largest absolute Gasteiger partial charge is 0.325 e. The lowest BCUT2D eigenvalue weighted by atomic mass is 9.92. The molecule has 0 spiro atoms. The number of fused-ring (bicyclic) bond motifs is 1. The summed E-state index contributed by atoms with van der Waals surface area (Å²) < 4.78 is 28.6. The second-order valence-corrected chi connectivity index (χ2v) is 6.71. The van der Waals surface area contributed by atoms with Gasteiger partial charge in [0.25, 0.3) is 5.91 Å². The molecule has 0 radical (unpaired) electrons. The summed E-state index contributed by atoms with van der Waals surface area (Å²) in [4.78, 5) is 26.4. The van der Waals surface area contributed by atoms with Gasteiger partial charge in [-0.3, -0.25) is 9.69 Å². The lowest BCUT2D eigenvalue weighted by Gasteiger charge is -2.22. The molecule has 1 aliphatic rings. The molecule has 0 saturated carbocycles. The SMILES string of the molecule is C[C@@]1(c2ccc(F)c(F)c2)NC(=O)N(Cc2cn3ccccc3c2C#N)C1=O. The van der Waals surface area contributed by atoms with Crippen LogP contribution in [0.4, 0.5) is 13.6 Å². The van der Waals surface area contributed by atoms with Crippen molar-refractivity contribution in [3.63, 3.8) is 0 Å². The van der Waals surface area contributed by atoms with Crippen LogP contribution < -0.4 is 5.32 Å². The summed E-state index contributed by atoms with van der Waals surface area (Å²) in [5.41, 5.74) is 0.136. The first kappa shape index (κ1) is 17.7. The number of pyridine rings is 1. The highest BCUT2D eigenvalue weighted by Crippen LogP contribution is 2.31. The molecule has 0 aliphatic carbocycles. The smallest absolute Gasteiger partial charge is 0.322 e. The van der Waals surface area contributed by atoms with Crippen molar-refractivity contribution in [1.29, 1.82) is 5.26 Å². The predicted octanol–water partition coefficient (Wildman–Crippen LogP) is 3.06. The van der Waals surface area contributed by atoms with Crippen molar-refractivity contribution in [2.75, 3.05) is 0 Å². The van der Waals surface area contributed by atoms with E-state index in [-0.39, 0.29) is 12.1 Å². The highest BCUT2D eigenvalue weighted by Gasteiger charge is 2.49. The van der Waals surface area contributed by atoms with Crippen LogP contribution in [0, 0.1) is 23.0 Å². The minimum Gasteiger partial charge on any atom is -0.322 e. The minimum atomic E-state index is -1.53. The van der Waals surface area contributed by atoms with Crippen molar-refractivity contribution in [2.45, 2.75) is 19.0 Å². The zero-order valence-electron chi connectivity index (χ0n) is 14.7. The van der Waals surface area contributed by atoms with E-state index < -0.39 is 29.1 Å². The van der Waals surface area contributed by atoms with Crippen LogP contribution in [-0.4, -0.2) is 21.2 Å². The molecule has 0 bridgehead atoms. The number of carbonyl (C=O) groups excluding carboxylic acids is 2. The second-order valence-electron chi connectivity index (χ2n) is 6.71. The molecule has 2 aromatic heterocycles. The van der Waals surface area contributed by atoms with Crippen molar-refractivity contribution in [1.82, 2.24) is 14.6 Å². The van der Waals surface area contributed by atoms with Crippen LogP contribution in [0.3, 0.4) is 0 Å². The maximum Gasteiger partial charge on any atom is 0.325 e. The average Bonchev–Trinajstić information content (AvgIpc) is 3.14. The van der Waals surface area contributed by atoms with E-state index in [0.717, 1.165) is 17.0 Å². The first-order valence-corrected chi connectivity index (χ1v) is 8.43. The van der Waals surface area contributed by atoms with E-state index in [1.54, 1.807) is 35.0 Å². The van der Waals surface area contributed by atoms with Crippen LogP contribution in [0.25, 0.3) is 5.52 Å². The fourth-order valence-corrected chi connectivity index (χ4v) is 3.44. The van der Waals surface area contributed by atoms with Crippen LogP contribution >= 0.6 is 0 Å². The maximum atomic E-state index is 13.6. The molecular formula is C20H14F2N4O2. The van der Waals surface area contributed by atoms with Gasteiger partial charge in [-0.25, -0.2) is 13.6 Å². The first-order chi connectivity index (χ1) is 13.3. The molecule has 1 aromatic carbocycles. The zero-order chi connectivity index (χ0) is 20.1. The maximum absolute atomic E-state index is 13.6. The van der Waals surface area contributed by atoms with Gasteiger partial charge in [0.2, 0.25) is 0 Å². The number of carbonyl (C=O) groups is 2. The number of hydrogen-bond donors (Lipinski definition) is 1. The lowest BCUT2D eigenvalue weighted by Crippen LogP contribution is -2.41. The lowest BCUT2D eigenvalue weighted by molar-refractivity contribution is -0.131. The minimum absolute atomic E-state index is 0.117. The Kier molecular flexibility index (Phi) is 3.89. The van der Waals surface area contributed by atoms with Gasteiger partial charge in [-0.15, -0.1) is 0 Å². The highest BCUT2D eigenvalue weighted by molar-refractivity contribution is 6.07. The van der Waals surface area contributed by atoms with Gasteiger partial charge in [0.05, 0.1) is 17.6 Å². The van der Waals surface area contributed by atoms with Crippen molar-refractivity contribution in [3.05, 3.63) is 77.1 Å². The highest BCUT2D eigenvalue weighted by atomic mass is 19.2. The van der Waals surface area contributed by atoms with Gasteiger partial charge < -0.3 is 9.72 Å². The molecular weight excluding hydrogens is 366 g/mol. The van der Waals surface area contributed by atoms with Crippen molar-refractivity contribution < 1.29 is 18.4 Å². The van der Waals surface area contributed by atoms with E-state index in [9.17, 15) is 23.6 Å². The molecule has 3 aromatic rings. The molecule has 1 fully saturated rings. The van der Waals surface area contributed by atoms with Gasteiger partial charge >= 0.3 is 6.03 Å². The van der Waals surface area contributed by atoms with Crippen molar-refractivity contribution in [2.24, 2.45) is 0 Å². The number of nitrogens with zero attached hydrogens (tertiary/aromatic N) is 3. The Labute approximate surface area is 158 Å². The third kappa shape index (κ3) is 2.52. The summed E-state index contributed by atoms with van der Waals surface area (Å²) >= 11 is 0. The molecule has 4 rings (SSSR count). The Balaban J connectivity index is 1.71.